The van der Waals surface area contributed by atoms with Gasteiger partial charge in [-0.2, -0.15) is 0 Å². The van der Waals surface area contributed by atoms with E-state index in [9.17, 15) is 18.4 Å². The van der Waals surface area contributed by atoms with E-state index in [4.69, 9.17) is 34.8 Å². The predicted molar refractivity (Wildman–Crippen MR) is 143 cm³/mol. The highest BCUT2D eigenvalue weighted by atomic mass is 35.5. The van der Waals surface area contributed by atoms with Gasteiger partial charge in [-0.1, -0.05) is 34.8 Å². The third kappa shape index (κ3) is 5.28. The minimum absolute atomic E-state index is 0.113. The Labute approximate surface area is 231 Å². The van der Waals surface area contributed by atoms with Crippen LogP contribution in [0.2, 0.25) is 15.1 Å². The van der Waals surface area contributed by atoms with Crippen molar-refractivity contribution in [2.45, 2.75) is 44.7 Å². The zero-order chi connectivity index (χ0) is 27.0. The molecule has 1 fully saturated rings. The first kappa shape index (κ1) is 26.6. The Hall–Kier alpha value is -3.01. The number of halogens is 5. The molecule has 4 aromatic rings. The molecular formula is C26H22Cl3F2N5O2. The number of benzene rings is 1. The van der Waals surface area contributed by atoms with Gasteiger partial charge in [0.25, 0.3) is 12.3 Å². The van der Waals surface area contributed by atoms with Crippen LogP contribution in [0, 0.1) is 5.92 Å². The number of aromatic nitrogens is 4. The number of imidazole rings is 1. The summed E-state index contributed by atoms with van der Waals surface area (Å²) in [6.07, 6.45) is 2.59. The second kappa shape index (κ2) is 11.0. The van der Waals surface area contributed by atoms with Gasteiger partial charge in [-0.05, 0) is 68.0 Å². The van der Waals surface area contributed by atoms with Crippen LogP contribution in [0.1, 0.15) is 48.2 Å². The number of carbonyl (C=O) groups excluding carboxylic acids is 1. The molecule has 198 valence electrons. The van der Waals surface area contributed by atoms with E-state index in [1.165, 1.54) is 10.6 Å². The molecule has 0 radical (unpaired) electrons. The van der Waals surface area contributed by atoms with Crippen LogP contribution in [-0.4, -0.2) is 31.1 Å². The molecule has 5 rings (SSSR count). The Kier molecular flexibility index (Phi) is 7.70. The lowest BCUT2D eigenvalue weighted by Crippen LogP contribution is -2.39. The monoisotopic (exact) mass is 579 g/mol. The van der Waals surface area contributed by atoms with Crippen molar-refractivity contribution in [2.24, 2.45) is 5.92 Å². The van der Waals surface area contributed by atoms with Crippen LogP contribution in [0.4, 0.5) is 8.78 Å². The molecular weight excluding hydrogens is 559 g/mol. The molecule has 1 saturated carbocycles. The Morgan fingerprint density at radius 2 is 1.82 bits per heavy atom. The van der Waals surface area contributed by atoms with Gasteiger partial charge >= 0.3 is 5.69 Å². The van der Waals surface area contributed by atoms with Crippen LogP contribution in [0.15, 0.2) is 53.6 Å². The number of alkyl halides is 2. The molecule has 7 nitrogen and oxygen atoms in total. The van der Waals surface area contributed by atoms with E-state index in [1.807, 2.05) is 6.07 Å². The highest BCUT2D eigenvalue weighted by Crippen LogP contribution is 2.30. The van der Waals surface area contributed by atoms with Crippen LogP contribution in [0.5, 0.6) is 0 Å². The SMILES string of the molecule is O=C(N[C@H]1CC[C@H](Cn2c(=O)n(-c3ccc(Cl)cc3Cl)c3ncccc32)CC1)c1cc(Cl)cnc1C(F)F. The summed E-state index contributed by atoms with van der Waals surface area (Å²) in [5.41, 5.74) is 0.604. The van der Waals surface area contributed by atoms with Gasteiger partial charge < -0.3 is 5.32 Å². The lowest BCUT2D eigenvalue weighted by molar-refractivity contribution is 0.0904. The van der Waals surface area contributed by atoms with Crippen molar-refractivity contribution in [2.75, 3.05) is 0 Å². The van der Waals surface area contributed by atoms with Gasteiger partial charge in [0.05, 0.1) is 26.8 Å². The lowest BCUT2D eigenvalue weighted by atomic mass is 9.85. The first-order chi connectivity index (χ1) is 18.2. The topological polar surface area (TPSA) is 81.8 Å². The van der Waals surface area contributed by atoms with Crippen LogP contribution in [0.25, 0.3) is 16.9 Å². The predicted octanol–water partition coefficient (Wildman–Crippen LogP) is 6.47. The fraction of sp³-hybridized carbons (Fsp3) is 0.308. The fourth-order valence-corrected chi connectivity index (χ4v) is 5.61. The summed E-state index contributed by atoms with van der Waals surface area (Å²) < 4.78 is 29.8. The smallest absolute Gasteiger partial charge is 0.335 e. The van der Waals surface area contributed by atoms with Gasteiger partial charge in [0.2, 0.25) is 0 Å². The number of rotatable bonds is 6. The van der Waals surface area contributed by atoms with E-state index >= 15 is 0 Å². The average Bonchev–Trinajstić information content (AvgIpc) is 3.16. The van der Waals surface area contributed by atoms with E-state index in [1.54, 1.807) is 35.0 Å². The van der Waals surface area contributed by atoms with Gasteiger partial charge in [-0.25, -0.2) is 23.1 Å². The Morgan fingerprint density at radius 3 is 2.53 bits per heavy atom. The Morgan fingerprint density at radius 1 is 1.05 bits per heavy atom. The zero-order valence-corrected chi connectivity index (χ0v) is 22.1. The molecule has 3 aromatic heterocycles. The molecule has 0 bridgehead atoms. The van der Waals surface area contributed by atoms with Crippen LogP contribution in [-0.2, 0) is 6.54 Å². The molecule has 1 amide bonds. The van der Waals surface area contributed by atoms with E-state index in [0.29, 0.717) is 46.3 Å². The normalized spacial score (nSPS) is 17.7. The highest BCUT2D eigenvalue weighted by Gasteiger charge is 2.27. The van der Waals surface area contributed by atoms with E-state index < -0.39 is 18.0 Å². The van der Waals surface area contributed by atoms with Crippen LogP contribution >= 0.6 is 34.8 Å². The van der Waals surface area contributed by atoms with Crippen molar-refractivity contribution in [1.29, 1.82) is 0 Å². The lowest BCUT2D eigenvalue weighted by Gasteiger charge is -2.29. The molecule has 38 heavy (non-hydrogen) atoms. The zero-order valence-electron chi connectivity index (χ0n) is 19.9. The van der Waals surface area contributed by atoms with Gasteiger partial charge in [0.1, 0.15) is 5.69 Å². The van der Waals surface area contributed by atoms with Crippen LogP contribution < -0.4 is 11.0 Å². The number of fused-ring (bicyclic) bond motifs is 1. The maximum atomic E-state index is 13.5. The molecule has 1 N–H and O–H groups in total. The summed E-state index contributed by atoms with van der Waals surface area (Å²) in [5, 5.41) is 3.75. The van der Waals surface area contributed by atoms with Gasteiger partial charge in [-0.15, -0.1) is 0 Å². The quantitative estimate of drug-likeness (QED) is 0.283. The Balaban J connectivity index is 1.31. The van der Waals surface area contributed by atoms with Gasteiger partial charge in [0, 0.05) is 30.0 Å². The number of nitrogens with zero attached hydrogens (tertiary/aromatic N) is 4. The number of amides is 1. The minimum atomic E-state index is -2.89. The van der Waals surface area contributed by atoms with Crippen molar-refractivity contribution < 1.29 is 13.6 Å². The molecule has 3 heterocycles. The Bertz CT molecular complexity index is 1560. The van der Waals surface area contributed by atoms with Crippen molar-refractivity contribution >= 4 is 51.9 Å². The molecule has 0 saturated heterocycles. The largest absolute Gasteiger partial charge is 0.349 e. The number of nitrogens with one attached hydrogen (secondary N) is 1. The second-order valence-electron chi connectivity index (χ2n) is 9.25. The maximum absolute atomic E-state index is 13.5. The molecule has 1 aliphatic carbocycles. The summed E-state index contributed by atoms with van der Waals surface area (Å²) in [6.45, 7) is 0.466. The van der Waals surface area contributed by atoms with Crippen molar-refractivity contribution in [3.63, 3.8) is 0 Å². The van der Waals surface area contributed by atoms with Crippen molar-refractivity contribution in [3.05, 3.63) is 85.6 Å². The molecule has 1 aliphatic rings. The third-order valence-corrected chi connectivity index (χ3v) is 7.55. The number of carbonyl (C=O) groups is 1. The molecule has 0 aliphatic heterocycles. The summed E-state index contributed by atoms with van der Waals surface area (Å²) >= 11 is 18.3. The molecule has 0 spiro atoms. The number of hydrogen-bond donors (Lipinski definition) is 1. The molecule has 1 aromatic carbocycles. The minimum Gasteiger partial charge on any atom is -0.349 e. The third-order valence-electron chi connectivity index (χ3n) is 6.80. The second-order valence-corrected chi connectivity index (χ2v) is 10.5. The molecule has 12 heteroatoms. The first-order valence-electron chi connectivity index (χ1n) is 12.0. The summed E-state index contributed by atoms with van der Waals surface area (Å²) in [7, 11) is 0. The van der Waals surface area contributed by atoms with E-state index in [0.717, 1.165) is 19.0 Å². The van der Waals surface area contributed by atoms with Crippen molar-refractivity contribution in [1.82, 2.24) is 24.4 Å². The average molecular weight is 581 g/mol. The van der Waals surface area contributed by atoms with E-state index in [2.05, 4.69) is 15.3 Å². The highest BCUT2D eigenvalue weighted by molar-refractivity contribution is 6.35. The number of hydrogen-bond acceptors (Lipinski definition) is 4. The van der Waals surface area contributed by atoms with E-state index in [-0.39, 0.29) is 28.2 Å². The number of pyridine rings is 2. The molecule has 0 atom stereocenters. The summed E-state index contributed by atoms with van der Waals surface area (Å²) in [5.74, 6) is -0.450. The van der Waals surface area contributed by atoms with Crippen LogP contribution in [0.3, 0.4) is 0 Å². The summed E-state index contributed by atoms with van der Waals surface area (Å²) in [4.78, 5) is 34.3. The fourth-order valence-electron chi connectivity index (χ4n) is 4.96. The van der Waals surface area contributed by atoms with Crippen molar-refractivity contribution in [3.8, 4) is 5.69 Å². The van der Waals surface area contributed by atoms with Gasteiger partial charge in [0.15, 0.2) is 5.65 Å². The molecule has 0 unspecified atom stereocenters. The van der Waals surface area contributed by atoms with Gasteiger partial charge in [-0.3, -0.25) is 14.3 Å². The maximum Gasteiger partial charge on any atom is 0.335 e. The first-order valence-corrected chi connectivity index (χ1v) is 13.1. The summed E-state index contributed by atoms with van der Waals surface area (Å²) in [6, 6.07) is 9.58. The standard InChI is InChI=1S/C26H22Cl3F2N5O2/c27-15-5-8-20(19(29)11-15)36-24-21(2-1-9-32-24)35(26(36)38)13-14-3-6-17(7-4-14)34-25(37)18-10-16(28)12-33-22(18)23(30)31/h1-2,5,8-12,14,17,23H,3-4,6-7,13H2,(H,34,37)/t14-,17-.